The number of esters is 1. The van der Waals surface area contributed by atoms with Gasteiger partial charge >= 0.3 is 5.97 Å². The largest absolute Gasteiger partial charge is 0.458 e. The van der Waals surface area contributed by atoms with Gasteiger partial charge in [0.1, 0.15) is 0 Å². The summed E-state index contributed by atoms with van der Waals surface area (Å²) in [4.78, 5) is 23.6. The van der Waals surface area contributed by atoms with Gasteiger partial charge in [0.2, 0.25) is 0 Å². The number of allylic oxidation sites excluding steroid dienone is 1. The molecule has 0 amide bonds. The number of cyclic esters (lactones) is 1. The van der Waals surface area contributed by atoms with Gasteiger partial charge in [-0.25, -0.2) is 4.79 Å². The third kappa shape index (κ3) is 1.98. The fourth-order valence-corrected chi connectivity index (χ4v) is 3.65. The molecule has 1 aromatic rings. The Hall–Kier alpha value is -2.36. The lowest BCUT2D eigenvalue weighted by molar-refractivity contribution is -0.152. The van der Waals surface area contributed by atoms with Crippen LogP contribution in [0.1, 0.15) is 30.4 Å². The Bertz CT molecular complexity index is 728. The van der Waals surface area contributed by atoms with Crippen molar-refractivity contribution < 1.29 is 19.1 Å². The highest BCUT2D eigenvalue weighted by Crippen LogP contribution is 2.49. The molecule has 0 radical (unpaired) electrons. The molecule has 4 rings (SSSR count). The molecule has 1 aromatic carbocycles. The first-order valence-electron chi connectivity index (χ1n) is 7.49. The molecule has 22 heavy (non-hydrogen) atoms. The maximum Gasteiger partial charge on any atom is 0.336 e. The van der Waals surface area contributed by atoms with E-state index in [1.54, 1.807) is 13.0 Å². The number of Topliss-reactive ketones (excluding diaryl/α,β-unsaturated/α-hetero) is 1. The van der Waals surface area contributed by atoms with Crippen molar-refractivity contribution in [2.75, 3.05) is 0 Å². The van der Waals surface area contributed by atoms with Gasteiger partial charge in [-0.1, -0.05) is 24.3 Å². The summed E-state index contributed by atoms with van der Waals surface area (Å²) in [5.74, 6) is 0.218. The number of benzene rings is 1. The fraction of sp³-hybridized carbons (Fsp3) is 0.333. The smallest absolute Gasteiger partial charge is 0.336 e. The van der Waals surface area contributed by atoms with Crippen LogP contribution < -0.4 is 0 Å². The molecule has 4 nitrogen and oxygen atoms in total. The molecule has 1 aliphatic heterocycles. The topological polar surface area (TPSA) is 52.6 Å². The van der Waals surface area contributed by atoms with Crippen LogP contribution in [0.2, 0.25) is 0 Å². The van der Waals surface area contributed by atoms with Crippen LogP contribution in [-0.2, 0) is 25.5 Å². The Labute approximate surface area is 128 Å². The van der Waals surface area contributed by atoms with E-state index < -0.39 is 6.29 Å². The molecule has 3 atom stereocenters. The first-order valence-corrected chi connectivity index (χ1v) is 7.49. The third-order valence-electron chi connectivity index (χ3n) is 4.77. The zero-order valence-electron chi connectivity index (χ0n) is 12.2. The van der Waals surface area contributed by atoms with E-state index in [0.717, 1.165) is 12.0 Å². The first kappa shape index (κ1) is 13.3. The van der Waals surface area contributed by atoms with Crippen molar-refractivity contribution in [1.29, 1.82) is 0 Å². The number of hydrogen-bond donors (Lipinski definition) is 0. The van der Waals surface area contributed by atoms with Gasteiger partial charge in [0, 0.05) is 29.6 Å². The normalized spacial score (nSPS) is 31.0. The van der Waals surface area contributed by atoms with E-state index in [1.165, 1.54) is 17.4 Å². The molecule has 0 aromatic heterocycles. The average molecular weight is 296 g/mol. The van der Waals surface area contributed by atoms with Crippen molar-refractivity contribution in [3.63, 3.8) is 0 Å². The maximum absolute atomic E-state index is 12.3. The third-order valence-corrected chi connectivity index (χ3v) is 4.77. The van der Waals surface area contributed by atoms with Crippen molar-refractivity contribution >= 4 is 11.8 Å². The molecule has 2 unspecified atom stereocenters. The lowest BCUT2D eigenvalue weighted by Gasteiger charge is -2.12. The zero-order chi connectivity index (χ0) is 15.3. The molecule has 4 heteroatoms. The SMILES string of the molecule is CC1=C[C@H](O/C=C2/C(=O)CC3c4ccccc4CC23)OC1=O. The van der Waals surface area contributed by atoms with Crippen LogP contribution in [0.4, 0.5) is 0 Å². The highest BCUT2D eigenvalue weighted by Gasteiger charge is 2.44. The maximum atomic E-state index is 12.3. The monoisotopic (exact) mass is 296 g/mol. The molecule has 0 bridgehead atoms. The van der Waals surface area contributed by atoms with Gasteiger partial charge < -0.3 is 9.47 Å². The first-order chi connectivity index (χ1) is 10.6. The average Bonchev–Trinajstić information content (AvgIpc) is 3.10. The van der Waals surface area contributed by atoms with Crippen LogP contribution in [0, 0.1) is 5.92 Å². The number of rotatable bonds is 2. The van der Waals surface area contributed by atoms with Gasteiger partial charge in [0.05, 0.1) is 6.26 Å². The van der Waals surface area contributed by atoms with Crippen LogP contribution in [0.25, 0.3) is 0 Å². The predicted octanol–water partition coefficient (Wildman–Crippen LogP) is 2.65. The van der Waals surface area contributed by atoms with E-state index in [4.69, 9.17) is 9.47 Å². The Balaban J connectivity index is 1.55. The van der Waals surface area contributed by atoms with Crippen LogP contribution in [0.5, 0.6) is 0 Å². The molecule has 1 fully saturated rings. The number of hydrogen-bond acceptors (Lipinski definition) is 4. The molecule has 0 spiro atoms. The van der Waals surface area contributed by atoms with Gasteiger partial charge in [-0.15, -0.1) is 0 Å². The minimum Gasteiger partial charge on any atom is -0.458 e. The summed E-state index contributed by atoms with van der Waals surface area (Å²) in [6.07, 6.45) is 3.83. The second-order valence-electron chi connectivity index (χ2n) is 6.08. The molecule has 1 heterocycles. The molecule has 2 aliphatic carbocycles. The van der Waals surface area contributed by atoms with E-state index in [-0.39, 0.29) is 23.6 Å². The van der Waals surface area contributed by atoms with E-state index in [2.05, 4.69) is 12.1 Å². The quantitative estimate of drug-likeness (QED) is 0.478. The van der Waals surface area contributed by atoms with Crippen LogP contribution in [0.3, 0.4) is 0 Å². The molecule has 0 saturated heterocycles. The van der Waals surface area contributed by atoms with E-state index >= 15 is 0 Å². The Kier molecular flexibility index (Phi) is 2.93. The number of carbonyl (C=O) groups is 2. The van der Waals surface area contributed by atoms with Crippen LogP contribution in [0.15, 0.2) is 47.7 Å². The minimum atomic E-state index is -0.712. The fourth-order valence-electron chi connectivity index (χ4n) is 3.65. The zero-order valence-corrected chi connectivity index (χ0v) is 12.2. The lowest BCUT2D eigenvalue weighted by Crippen LogP contribution is -2.11. The Morgan fingerprint density at radius 2 is 2.00 bits per heavy atom. The molecule has 112 valence electrons. The molecular formula is C18H16O4. The highest BCUT2D eigenvalue weighted by molar-refractivity contribution is 5.99. The summed E-state index contributed by atoms with van der Waals surface area (Å²) >= 11 is 0. The van der Waals surface area contributed by atoms with Gasteiger partial charge in [0.25, 0.3) is 6.29 Å². The molecular weight excluding hydrogens is 280 g/mol. The number of fused-ring (bicyclic) bond motifs is 3. The van der Waals surface area contributed by atoms with Crippen molar-refractivity contribution in [3.8, 4) is 0 Å². The highest BCUT2D eigenvalue weighted by atomic mass is 16.7. The predicted molar refractivity (Wildman–Crippen MR) is 78.8 cm³/mol. The van der Waals surface area contributed by atoms with E-state index in [0.29, 0.717) is 12.0 Å². The van der Waals surface area contributed by atoms with Gasteiger partial charge in [-0.2, -0.15) is 0 Å². The van der Waals surface area contributed by atoms with Crippen LogP contribution >= 0.6 is 0 Å². The van der Waals surface area contributed by atoms with Gasteiger partial charge in [-0.3, -0.25) is 4.79 Å². The van der Waals surface area contributed by atoms with Gasteiger partial charge in [-0.05, 0) is 30.4 Å². The number of ketones is 1. The molecule has 1 saturated carbocycles. The summed E-state index contributed by atoms with van der Waals surface area (Å²) < 4.78 is 10.5. The standard InChI is InChI=1S/C18H16O4/c1-10-6-17(22-18(10)20)21-9-15-13-7-11-4-2-3-5-12(11)14(13)8-16(15)19/h2-6,9,13-14,17H,7-8H2,1H3/b15-9+/t13?,14?,17-/m1/s1. The molecule has 3 aliphatic rings. The van der Waals surface area contributed by atoms with Crippen molar-refractivity contribution in [2.24, 2.45) is 5.92 Å². The Morgan fingerprint density at radius 1 is 1.18 bits per heavy atom. The van der Waals surface area contributed by atoms with Crippen molar-refractivity contribution in [3.05, 3.63) is 58.9 Å². The summed E-state index contributed by atoms with van der Waals surface area (Å²) in [5.41, 5.74) is 3.86. The summed E-state index contributed by atoms with van der Waals surface area (Å²) in [6, 6.07) is 8.30. The number of ether oxygens (including phenoxy) is 2. The van der Waals surface area contributed by atoms with E-state index in [9.17, 15) is 9.59 Å². The summed E-state index contributed by atoms with van der Waals surface area (Å²) in [6.45, 7) is 1.68. The van der Waals surface area contributed by atoms with Crippen molar-refractivity contribution in [2.45, 2.75) is 32.0 Å². The minimum absolute atomic E-state index is 0.134. The second kappa shape index (κ2) is 4.83. The number of carbonyl (C=O) groups excluding carboxylic acids is 2. The van der Waals surface area contributed by atoms with Crippen LogP contribution in [-0.4, -0.2) is 18.0 Å². The van der Waals surface area contributed by atoms with Crippen molar-refractivity contribution in [1.82, 2.24) is 0 Å². The molecule has 0 N–H and O–H groups in total. The van der Waals surface area contributed by atoms with E-state index in [1.807, 2.05) is 12.1 Å². The summed E-state index contributed by atoms with van der Waals surface area (Å²) in [5, 5.41) is 0. The second-order valence-corrected chi connectivity index (χ2v) is 6.08. The van der Waals surface area contributed by atoms with Gasteiger partial charge in [0.15, 0.2) is 5.78 Å². The lowest BCUT2D eigenvalue weighted by atomic mass is 9.95. The summed E-state index contributed by atoms with van der Waals surface area (Å²) in [7, 11) is 0. The Morgan fingerprint density at radius 3 is 2.77 bits per heavy atom.